The van der Waals surface area contributed by atoms with Gasteiger partial charge in [-0.15, -0.1) is 0 Å². The standard InChI is InChI=1S/C17H11BrCl2N2O3/c1-25-14-6-8(4-11(18)15(14)23)5-12(20)16-21-13-3-2-9(19)7-10(13)17(24)22-16/h2-7,23H,1H3,(H,21,22,24)/b12-5-. The number of nitrogens with zero attached hydrogens (tertiary/aromatic N) is 1. The molecule has 0 aliphatic carbocycles. The molecule has 0 unspecified atom stereocenters. The van der Waals surface area contributed by atoms with E-state index in [2.05, 4.69) is 25.9 Å². The number of aromatic nitrogens is 2. The molecule has 0 bridgehead atoms. The second kappa shape index (κ2) is 7.07. The molecule has 0 fully saturated rings. The van der Waals surface area contributed by atoms with Crippen molar-refractivity contribution in [3.05, 3.63) is 61.6 Å². The summed E-state index contributed by atoms with van der Waals surface area (Å²) in [7, 11) is 1.45. The second-order valence-electron chi connectivity index (χ2n) is 5.12. The van der Waals surface area contributed by atoms with Gasteiger partial charge < -0.3 is 14.8 Å². The number of halogens is 3. The highest BCUT2D eigenvalue weighted by Gasteiger charge is 2.10. The zero-order chi connectivity index (χ0) is 18.1. The van der Waals surface area contributed by atoms with Gasteiger partial charge in [0, 0.05) is 5.02 Å². The summed E-state index contributed by atoms with van der Waals surface area (Å²) in [6.07, 6.45) is 1.61. The summed E-state index contributed by atoms with van der Waals surface area (Å²) in [6.45, 7) is 0. The van der Waals surface area contributed by atoms with Crippen LogP contribution in [0.5, 0.6) is 11.5 Å². The smallest absolute Gasteiger partial charge is 0.259 e. The van der Waals surface area contributed by atoms with Gasteiger partial charge in [-0.1, -0.05) is 23.2 Å². The van der Waals surface area contributed by atoms with E-state index in [4.69, 9.17) is 27.9 Å². The zero-order valence-corrected chi connectivity index (χ0v) is 15.9. The molecule has 128 valence electrons. The van der Waals surface area contributed by atoms with Gasteiger partial charge in [0.25, 0.3) is 5.56 Å². The van der Waals surface area contributed by atoms with Crippen LogP contribution < -0.4 is 10.3 Å². The minimum atomic E-state index is -0.335. The maximum absolute atomic E-state index is 12.2. The molecule has 1 aromatic heterocycles. The van der Waals surface area contributed by atoms with Crippen LogP contribution in [0.15, 0.2) is 39.6 Å². The minimum Gasteiger partial charge on any atom is -0.503 e. The third-order valence-corrected chi connectivity index (χ3v) is 4.59. The first kappa shape index (κ1) is 17.8. The third-order valence-electron chi connectivity index (χ3n) is 3.46. The number of benzene rings is 2. The summed E-state index contributed by atoms with van der Waals surface area (Å²) >= 11 is 15.5. The molecule has 0 aliphatic rings. The molecular formula is C17H11BrCl2N2O3. The topological polar surface area (TPSA) is 75.2 Å². The van der Waals surface area contributed by atoms with Gasteiger partial charge in [0.1, 0.15) is 0 Å². The average Bonchev–Trinajstić information content (AvgIpc) is 2.58. The molecule has 0 saturated heterocycles. The summed E-state index contributed by atoms with van der Waals surface area (Å²) in [4.78, 5) is 19.2. The summed E-state index contributed by atoms with van der Waals surface area (Å²) in [6, 6.07) is 8.13. The van der Waals surface area contributed by atoms with Gasteiger partial charge in [0.15, 0.2) is 17.3 Å². The Balaban J connectivity index is 2.09. The zero-order valence-electron chi connectivity index (χ0n) is 12.8. The van der Waals surface area contributed by atoms with Crippen molar-refractivity contribution in [2.75, 3.05) is 7.11 Å². The minimum absolute atomic E-state index is 0.00936. The number of aromatic hydroxyl groups is 1. The molecule has 0 atom stereocenters. The number of phenols is 1. The van der Waals surface area contributed by atoms with Crippen molar-refractivity contribution in [3.8, 4) is 11.5 Å². The number of fused-ring (bicyclic) bond motifs is 1. The number of nitrogens with one attached hydrogen (secondary N) is 1. The quantitative estimate of drug-likeness (QED) is 0.612. The molecule has 0 aliphatic heterocycles. The van der Waals surface area contributed by atoms with Crippen molar-refractivity contribution in [3.63, 3.8) is 0 Å². The van der Waals surface area contributed by atoms with Crippen LogP contribution in [0.4, 0.5) is 0 Å². The number of hydrogen-bond acceptors (Lipinski definition) is 4. The first-order valence-corrected chi connectivity index (χ1v) is 8.57. The fourth-order valence-corrected chi connectivity index (χ4v) is 3.12. The Hall–Kier alpha value is -2.02. The highest BCUT2D eigenvalue weighted by atomic mass is 79.9. The molecule has 0 amide bonds. The Morgan fingerprint density at radius 2 is 2.12 bits per heavy atom. The summed E-state index contributed by atoms with van der Waals surface area (Å²) in [5.41, 5.74) is 0.808. The van der Waals surface area contributed by atoms with Crippen LogP contribution in [0, 0.1) is 0 Å². The van der Waals surface area contributed by atoms with Crippen molar-refractivity contribution in [2.45, 2.75) is 0 Å². The Labute approximate surface area is 161 Å². The largest absolute Gasteiger partial charge is 0.503 e. The van der Waals surface area contributed by atoms with E-state index >= 15 is 0 Å². The van der Waals surface area contributed by atoms with Gasteiger partial charge >= 0.3 is 0 Å². The molecule has 5 nitrogen and oxygen atoms in total. The molecule has 1 heterocycles. The van der Waals surface area contributed by atoms with Crippen LogP contribution in [0.1, 0.15) is 11.4 Å². The van der Waals surface area contributed by atoms with Gasteiger partial charge in [0.2, 0.25) is 0 Å². The van der Waals surface area contributed by atoms with Crippen LogP contribution in [0.2, 0.25) is 5.02 Å². The van der Waals surface area contributed by atoms with Crippen LogP contribution in [0.3, 0.4) is 0 Å². The van der Waals surface area contributed by atoms with E-state index < -0.39 is 0 Å². The first-order valence-electron chi connectivity index (χ1n) is 7.02. The molecule has 25 heavy (non-hydrogen) atoms. The number of ether oxygens (including phenoxy) is 1. The first-order chi connectivity index (χ1) is 11.9. The maximum atomic E-state index is 12.2. The van der Waals surface area contributed by atoms with Gasteiger partial charge in [-0.3, -0.25) is 4.79 Å². The van der Waals surface area contributed by atoms with Gasteiger partial charge in [-0.2, -0.15) is 0 Å². The lowest BCUT2D eigenvalue weighted by atomic mass is 10.2. The Morgan fingerprint density at radius 1 is 1.36 bits per heavy atom. The lowest BCUT2D eigenvalue weighted by Crippen LogP contribution is -2.10. The fraction of sp³-hybridized carbons (Fsp3) is 0.0588. The number of rotatable bonds is 3. The monoisotopic (exact) mass is 440 g/mol. The van der Waals surface area contributed by atoms with Gasteiger partial charge in [0.05, 0.1) is 27.5 Å². The van der Waals surface area contributed by atoms with E-state index in [1.807, 2.05) is 0 Å². The normalized spacial score (nSPS) is 11.8. The van der Waals surface area contributed by atoms with Crippen molar-refractivity contribution >= 4 is 61.1 Å². The van der Waals surface area contributed by atoms with Crippen molar-refractivity contribution in [2.24, 2.45) is 0 Å². The lowest BCUT2D eigenvalue weighted by Gasteiger charge is -2.07. The van der Waals surface area contributed by atoms with Crippen molar-refractivity contribution in [1.29, 1.82) is 0 Å². The summed E-state index contributed by atoms with van der Waals surface area (Å²) < 4.78 is 5.56. The highest BCUT2D eigenvalue weighted by Crippen LogP contribution is 2.36. The summed E-state index contributed by atoms with van der Waals surface area (Å²) in [5, 5.41) is 10.9. The van der Waals surface area contributed by atoms with Crippen LogP contribution in [0.25, 0.3) is 22.0 Å². The van der Waals surface area contributed by atoms with E-state index in [1.165, 1.54) is 7.11 Å². The van der Waals surface area contributed by atoms with Crippen LogP contribution >= 0.6 is 39.1 Å². The van der Waals surface area contributed by atoms with Gasteiger partial charge in [-0.05, 0) is 57.9 Å². The SMILES string of the molecule is COc1cc(/C=C(\Cl)c2nc3ccc(Cl)cc3c(=O)[nH]2)cc(Br)c1O. The third kappa shape index (κ3) is 3.66. The van der Waals surface area contributed by atoms with Crippen LogP contribution in [-0.2, 0) is 0 Å². The molecule has 8 heteroatoms. The molecule has 0 spiro atoms. The molecular weight excluding hydrogens is 431 g/mol. The van der Waals surface area contributed by atoms with Gasteiger partial charge in [-0.25, -0.2) is 4.98 Å². The maximum Gasteiger partial charge on any atom is 0.259 e. The predicted molar refractivity (Wildman–Crippen MR) is 103 cm³/mol. The number of methoxy groups -OCH3 is 1. The number of hydrogen-bond donors (Lipinski definition) is 2. The molecule has 3 aromatic rings. The van der Waals surface area contributed by atoms with E-state index in [-0.39, 0.29) is 22.2 Å². The van der Waals surface area contributed by atoms with E-state index in [0.717, 1.165) is 0 Å². The summed E-state index contributed by atoms with van der Waals surface area (Å²) in [5.74, 6) is 0.509. The molecule has 3 rings (SSSR count). The van der Waals surface area contributed by atoms with E-state index in [1.54, 1.807) is 36.4 Å². The lowest BCUT2D eigenvalue weighted by molar-refractivity contribution is 0.372. The van der Waals surface area contributed by atoms with E-state index in [0.29, 0.717) is 31.7 Å². The Morgan fingerprint density at radius 3 is 2.84 bits per heavy atom. The van der Waals surface area contributed by atoms with Crippen molar-refractivity contribution < 1.29 is 9.84 Å². The van der Waals surface area contributed by atoms with Crippen molar-refractivity contribution in [1.82, 2.24) is 9.97 Å². The molecule has 0 saturated carbocycles. The van der Waals surface area contributed by atoms with Crippen LogP contribution in [-0.4, -0.2) is 22.2 Å². The Kier molecular flexibility index (Phi) is 5.03. The molecule has 2 N–H and O–H groups in total. The number of H-pyrrole nitrogens is 1. The number of aromatic amines is 1. The Bertz CT molecular complexity index is 1060. The average molecular weight is 442 g/mol. The second-order valence-corrected chi connectivity index (χ2v) is 6.82. The van der Waals surface area contributed by atoms with E-state index in [9.17, 15) is 9.90 Å². The highest BCUT2D eigenvalue weighted by molar-refractivity contribution is 9.10. The predicted octanol–water partition coefficient (Wildman–Crippen LogP) is 4.79. The molecule has 0 radical (unpaired) electrons. The fourth-order valence-electron chi connectivity index (χ4n) is 2.27. The number of phenolic OH excluding ortho intramolecular Hbond substituents is 1. The molecule has 2 aromatic carbocycles.